The van der Waals surface area contributed by atoms with Crippen LogP contribution in [0.2, 0.25) is 0 Å². The highest BCUT2D eigenvalue weighted by molar-refractivity contribution is 5.85. The molecule has 8 rings (SSSR count). The predicted octanol–water partition coefficient (Wildman–Crippen LogP) is 14.6. The summed E-state index contributed by atoms with van der Waals surface area (Å²) in [6.07, 6.45) is 32.2. The van der Waals surface area contributed by atoms with Crippen LogP contribution in [-0.4, -0.2) is 0 Å². The number of nitrogens with zero attached hydrogens (tertiary/aromatic N) is 1. The first-order valence-corrected chi connectivity index (χ1v) is 20.1. The Morgan fingerprint density at radius 2 is 1.71 bits per heavy atom. The largest absolute Gasteiger partial charge is 0.314 e. The first-order chi connectivity index (χ1) is 27.2. The first-order valence-electron chi connectivity index (χ1n) is 20.1. The summed E-state index contributed by atoms with van der Waals surface area (Å²) in [6.45, 7) is 2.37. The summed E-state index contributed by atoms with van der Waals surface area (Å²) < 4.78 is 0. The lowest BCUT2D eigenvalue weighted by Crippen LogP contribution is -2.18. The van der Waals surface area contributed by atoms with Crippen molar-refractivity contribution in [2.75, 3.05) is 4.90 Å². The molecule has 0 saturated heterocycles. The molecule has 0 heterocycles. The molecule has 0 fully saturated rings. The number of terminal acetylenes is 1. The standard InChI is InChI=1S/C54H49N/c1-3-17-42(47-38-52-40(2)18-15-28-51(52)53(39-47)46-24-11-6-12-25-46)26-16-19-41-30-34-48(35-31-41)55(49-36-32-44(33-37-49)43-20-7-4-8-21-43)54-29-14-13-27-50(54)45-22-9-5-10-23-45/h1,4-5,7,9-11,13-15,17,20,22-24,27-30,32-34,36-40,46H,6,12,16,18-19,25-26,31,35H2,2H3/b42-17+/t40-,46?/m1/s1. The van der Waals surface area contributed by atoms with Gasteiger partial charge >= 0.3 is 0 Å². The molecule has 0 saturated carbocycles. The molecule has 1 heteroatoms. The van der Waals surface area contributed by atoms with Crippen molar-refractivity contribution in [1.29, 1.82) is 0 Å². The molecule has 1 unspecified atom stereocenters. The minimum atomic E-state index is 0.482. The Morgan fingerprint density at radius 1 is 0.873 bits per heavy atom. The van der Waals surface area contributed by atoms with Crippen LogP contribution < -0.4 is 4.90 Å². The Kier molecular flexibility index (Phi) is 11.1. The topological polar surface area (TPSA) is 3.24 Å². The number of para-hydroxylation sites is 1. The number of hydrogen-bond acceptors (Lipinski definition) is 1. The van der Waals surface area contributed by atoms with Crippen LogP contribution in [0.4, 0.5) is 11.4 Å². The van der Waals surface area contributed by atoms with Crippen LogP contribution in [0.15, 0.2) is 157 Å². The maximum absolute atomic E-state index is 5.98. The number of anilines is 2. The van der Waals surface area contributed by atoms with E-state index < -0.39 is 0 Å². The Balaban J connectivity index is 1.05. The SMILES string of the molecule is C#C/C=C(\CCCC1=CC=C(N(c2ccc(-c3c#cccc3)cc2)c2ccccc2-c2ccccc2)CC1)c1cc(C2C=CCCC2)c2c(c1)[C@H](C)CC=C2. The van der Waals surface area contributed by atoms with E-state index in [1.807, 2.05) is 18.2 Å². The smallest absolute Gasteiger partial charge is 0.0536 e. The molecule has 3 aliphatic rings. The van der Waals surface area contributed by atoms with Gasteiger partial charge in [0.25, 0.3) is 0 Å². The molecule has 55 heavy (non-hydrogen) atoms. The number of fused-ring (bicyclic) bond motifs is 1. The second-order valence-corrected chi connectivity index (χ2v) is 15.2. The van der Waals surface area contributed by atoms with Crippen molar-refractivity contribution in [3.63, 3.8) is 0 Å². The molecule has 0 N–H and O–H groups in total. The van der Waals surface area contributed by atoms with Crippen LogP contribution in [0, 0.1) is 24.5 Å². The molecule has 5 aromatic carbocycles. The van der Waals surface area contributed by atoms with Gasteiger partial charge in [-0.2, -0.15) is 0 Å². The summed E-state index contributed by atoms with van der Waals surface area (Å²) in [5, 5.41) is 0. The monoisotopic (exact) mass is 711 g/mol. The van der Waals surface area contributed by atoms with Crippen molar-refractivity contribution in [1.82, 2.24) is 0 Å². The Labute approximate surface area is 329 Å². The van der Waals surface area contributed by atoms with E-state index in [-0.39, 0.29) is 0 Å². The lowest BCUT2D eigenvalue weighted by Gasteiger charge is -2.31. The van der Waals surface area contributed by atoms with Gasteiger partial charge in [-0.15, -0.1) is 6.42 Å². The van der Waals surface area contributed by atoms with Crippen LogP contribution in [0.25, 0.3) is 33.9 Å². The highest BCUT2D eigenvalue weighted by atomic mass is 15.2. The van der Waals surface area contributed by atoms with E-state index >= 15 is 0 Å². The molecule has 3 aliphatic carbocycles. The summed E-state index contributed by atoms with van der Waals surface area (Å²) >= 11 is 0. The highest BCUT2D eigenvalue weighted by Crippen LogP contribution is 2.43. The van der Waals surface area contributed by atoms with Crippen LogP contribution in [-0.2, 0) is 0 Å². The van der Waals surface area contributed by atoms with Gasteiger partial charge in [0.2, 0.25) is 0 Å². The second-order valence-electron chi connectivity index (χ2n) is 15.2. The van der Waals surface area contributed by atoms with E-state index in [1.54, 1.807) is 0 Å². The highest BCUT2D eigenvalue weighted by Gasteiger charge is 2.24. The van der Waals surface area contributed by atoms with Crippen LogP contribution in [0.1, 0.15) is 98.8 Å². The minimum Gasteiger partial charge on any atom is -0.314 e. The molecule has 5 aromatic rings. The Morgan fingerprint density at radius 3 is 2.47 bits per heavy atom. The third kappa shape index (κ3) is 8.09. The third-order valence-electron chi connectivity index (χ3n) is 11.6. The molecule has 0 spiro atoms. The molecular weight excluding hydrogens is 663 g/mol. The zero-order valence-electron chi connectivity index (χ0n) is 32.0. The quantitative estimate of drug-likeness (QED) is 0.0974. The molecule has 1 nitrogen and oxygen atoms in total. The maximum Gasteiger partial charge on any atom is 0.0536 e. The van der Waals surface area contributed by atoms with Crippen molar-refractivity contribution in [3.05, 3.63) is 191 Å². The lowest BCUT2D eigenvalue weighted by atomic mass is 9.78. The average molecular weight is 712 g/mol. The number of hydrogen-bond donors (Lipinski definition) is 0. The van der Waals surface area contributed by atoms with Gasteiger partial charge < -0.3 is 4.90 Å². The molecule has 0 amide bonds. The van der Waals surface area contributed by atoms with Gasteiger partial charge in [-0.05, 0) is 145 Å². The second kappa shape index (κ2) is 17.0. The van der Waals surface area contributed by atoms with Crippen molar-refractivity contribution in [3.8, 4) is 34.6 Å². The first kappa shape index (κ1) is 36.0. The molecule has 0 bridgehead atoms. The van der Waals surface area contributed by atoms with Crippen molar-refractivity contribution >= 4 is 23.0 Å². The van der Waals surface area contributed by atoms with Crippen LogP contribution in [0.3, 0.4) is 0 Å². The Bertz CT molecular complexity index is 2310. The Hall–Kier alpha value is -6.02. The van der Waals surface area contributed by atoms with Gasteiger partial charge in [0.1, 0.15) is 0 Å². The van der Waals surface area contributed by atoms with E-state index in [9.17, 15) is 0 Å². The lowest BCUT2D eigenvalue weighted by molar-refractivity contribution is 0.650. The van der Waals surface area contributed by atoms with E-state index in [0.29, 0.717) is 11.8 Å². The third-order valence-corrected chi connectivity index (χ3v) is 11.6. The molecule has 0 aliphatic heterocycles. The molecule has 0 radical (unpaired) electrons. The average Bonchev–Trinajstić information content (AvgIpc) is 3.25. The summed E-state index contributed by atoms with van der Waals surface area (Å²) in [5.41, 5.74) is 16.8. The van der Waals surface area contributed by atoms with Crippen molar-refractivity contribution in [2.45, 2.75) is 76.5 Å². The van der Waals surface area contributed by atoms with Gasteiger partial charge in [-0.3, -0.25) is 0 Å². The fraction of sp³-hybridized carbons (Fsp3) is 0.222. The van der Waals surface area contributed by atoms with Crippen LogP contribution in [0.5, 0.6) is 0 Å². The molecular formula is C54H49N. The predicted molar refractivity (Wildman–Crippen MR) is 234 cm³/mol. The van der Waals surface area contributed by atoms with Crippen LogP contribution >= 0.6 is 0 Å². The fourth-order valence-corrected chi connectivity index (χ4v) is 8.65. The minimum absolute atomic E-state index is 0.482. The zero-order valence-corrected chi connectivity index (χ0v) is 32.0. The summed E-state index contributed by atoms with van der Waals surface area (Å²) in [7, 11) is 0. The molecule has 2 atom stereocenters. The van der Waals surface area contributed by atoms with E-state index in [4.69, 9.17) is 6.42 Å². The zero-order chi connectivity index (χ0) is 37.4. The van der Waals surface area contributed by atoms with Gasteiger partial charge in [0, 0.05) is 28.4 Å². The van der Waals surface area contributed by atoms with Gasteiger partial charge in [-0.25, -0.2) is 0 Å². The van der Waals surface area contributed by atoms with Gasteiger partial charge in [0.15, 0.2) is 0 Å². The molecule has 270 valence electrons. The number of benzene rings is 4. The van der Waals surface area contributed by atoms with Gasteiger partial charge in [0.05, 0.1) is 5.69 Å². The van der Waals surface area contributed by atoms with Crippen molar-refractivity contribution < 1.29 is 0 Å². The summed E-state index contributed by atoms with van der Waals surface area (Å²) in [5.74, 6) is 3.90. The van der Waals surface area contributed by atoms with Crippen molar-refractivity contribution in [2.24, 2.45) is 0 Å². The summed E-state index contributed by atoms with van der Waals surface area (Å²) in [4.78, 5) is 2.46. The summed E-state index contributed by atoms with van der Waals surface area (Å²) in [6, 6.07) is 45.7. The normalized spacial score (nSPS) is 17.7. The van der Waals surface area contributed by atoms with E-state index in [0.717, 1.165) is 55.3 Å². The number of rotatable bonds is 11. The molecule has 0 aromatic heterocycles. The number of allylic oxidation sites excluding steroid dienone is 9. The fourth-order valence-electron chi connectivity index (χ4n) is 8.65. The van der Waals surface area contributed by atoms with Gasteiger partial charge in [-0.1, -0.05) is 140 Å². The van der Waals surface area contributed by atoms with E-state index in [1.165, 1.54) is 75.2 Å². The van der Waals surface area contributed by atoms with E-state index in [2.05, 4.69) is 163 Å². The maximum atomic E-state index is 5.98.